The number of thioether (sulfide) groups is 1. The van der Waals surface area contributed by atoms with Crippen LogP contribution in [0.5, 0.6) is 5.88 Å². The number of methoxy groups -OCH3 is 1. The van der Waals surface area contributed by atoms with Gasteiger partial charge in [-0.3, -0.25) is 0 Å². The van der Waals surface area contributed by atoms with Crippen LogP contribution in [0.2, 0.25) is 0 Å². The summed E-state index contributed by atoms with van der Waals surface area (Å²) in [6, 6.07) is 1.91. The molecule has 0 N–H and O–H groups in total. The highest BCUT2D eigenvalue weighted by Gasteiger charge is 2.50. The minimum absolute atomic E-state index is 0.381. The van der Waals surface area contributed by atoms with Gasteiger partial charge in [-0.2, -0.15) is 0 Å². The summed E-state index contributed by atoms with van der Waals surface area (Å²) in [5.74, 6) is 3.60. The van der Waals surface area contributed by atoms with E-state index in [2.05, 4.69) is 26.6 Å². The molecule has 4 rings (SSSR count). The molecule has 0 aromatic carbocycles. The lowest BCUT2D eigenvalue weighted by molar-refractivity contribution is 0.0529. The van der Waals surface area contributed by atoms with E-state index in [-0.39, 0.29) is 0 Å². The van der Waals surface area contributed by atoms with Crippen LogP contribution in [0.1, 0.15) is 19.3 Å². The first-order chi connectivity index (χ1) is 10.3. The van der Waals surface area contributed by atoms with Gasteiger partial charge in [0, 0.05) is 31.5 Å². The van der Waals surface area contributed by atoms with Crippen molar-refractivity contribution in [2.45, 2.75) is 30.1 Å². The molecule has 3 fully saturated rings. The minimum Gasteiger partial charge on any atom is -0.481 e. The topological polar surface area (TPSA) is 47.5 Å². The van der Waals surface area contributed by atoms with E-state index in [1.54, 1.807) is 13.4 Å². The molecular formula is C15H21N3O2S. The van der Waals surface area contributed by atoms with Gasteiger partial charge < -0.3 is 14.4 Å². The first-order valence-electron chi connectivity index (χ1n) is 7.63. The molecule has 1 spiro atoms. The van der Waals surface area contributed by atoms with Crippen molar-refractivity contribution in [2.24, 2.45) is 5.92 Å². The number of hydrogen-bond acceptors (Lipinski definition) is 6. The van der Waals surface area contributed by atoms with Gasteiger partial charge >= 0.3 is 0 Å². The Morgan fingerprint density at radius 1 is 1.38 bits per heavy atom. The normalized spacial score (nSPS) is 26.9. The number of hydrogen-bond donors (Lipinski definition) is 0. The number of nitrogens with zero attached hydrogens (tertiary/aromatic N) is 3. The van der Waals surface area contributed by atoms with Crippen molar-refractivity contribution in [3.63, 3.8) is 0 Å². The molecule has 0 bridgehead atoms. The van der Waals surface area contributed by atoms with Gasteiger partial charge in [-0.15, -0.1) is 11.8 Å². The number of anilines is 1. The molecule has 2 aliphatic heterocycles. The molecular weight excluding hydrogens is 286 g/mol. The standard InChI is InChI=1S/C15H21N3O2S/c1-19-14-4-13(16-10-17-14)18-8-15(9-18)5-12(7-21-15)20-6-11-2-3-11/h4,10-12H,2-3,5-9H2,1H3/t12-/m0/s1. The number of rotatable bonds is 5. The van der Waals surface area contributed by atoms with Gasteiger partial charge in [-0.25, -0.2) is 9.97 Å². The third-order valence-electron chi connectivity index (χ3n) is 4.56. The third-order valence-corrected chi connectivity index (χ3v) is 6.13. The summed E-state index contributed by atoms with van der Waals surface area (Å²) in [5.41, 5.74) is 0. The molecule has 5 nitrogen and oxygen atoms in total. The van der Waals surface area contributed by atoms with Crippen molar-refractivity contribution >= 4 is 17.6 Å². The smallest absolute Gasteiger partial charge is 0.218 e. The summed E-state index contributed by atoms with van der Waals surface area (Å²) in [7, 11) is 1.64. The van der Waals surface area contributed by atoms with Crippen LogP contribution in [-0.4, -0.2) is 53.4 Å². The fourth-order valence-electron chi connectivity index (χ4n) is 3.11. The first kappa shape index (κ1) is 13.6. The zero-order chi connectivity index (χ0) is 14.3. The molecule has 0 unspecified atom stereocenters. The summed E-state index contributed by atoms with van der Waals surface area (Å²) in [6.45, 7) is 3.09. The van der Waals surface area contributed by atoms with Crippen LogP contribution in [0.25, 0.3) is 0 Å². The zero-order valence-electron chi connectivity index (χ0n) is 12.3. The van der Waals surface area contributed by atoms with E-state index in [0.29, 0.717) is 16.7 Å². The summed E-state index contributed by atoms with van der Waals surface area (Å²) >= 11 is 2.08. The largest absolute Gasteiger partial charge is 0.481 e. The Balaban J connectivity index is 1.31. The fraction of sp³-hybridized carbons (Fsp3) is 0.733. The van der Waals surface area contributed by atoms with Crippen molar-refractivity contribution in [1.82, 2.24) is 9.97 Å². The van der Waals surface area contributed by atoms with E-state index in [0.717, 1.165) is 37.2 Å². The van der Waals surface area contributed by atoms with Crippen LogP contribution in [-0.2, 0) is 4.74 Å². The van der Waals surface area contributed by atoms with Crippen LogP contribution >= 0.6 is 11.8 Å². The highest BCUT2D eigenvalue weighted by Crippen LogP contribution is 2.47. The second-order valence-electron chi connectivity index (χ2n) is 6.37. The molecule has 3 aliphatic rings. The van der Waals surface area contributed by atoms with Crippen LogP contribution in [0.15, 0.2) is 12.4 Å². The van der Waals surface area contributed by atoms with Crippen molar-refractivity contribution in [3.05, 3.63) is 12.4 Å². The first-order valence-corrected chi connectivity index (χ1v) is 8.61. The van der Waals surface area contributed by atoms with Crippen LogP contribution in [0.4, 0.5) is 5.82 Å². The molecule has 1 aromatic rings. The zero-order valence-corrected chi connectivity index (χ0v) is 13.1. The van der Waals surface area contributed by atoms with Crippen molar-refractivity contribution in [1.29, 1.82) is 0 Å². The van der Waals surface area contributed by atoms with Crippen LogP contribution in [0, 0.1) is 5.92 Å². The van der Waals surface area contributed by atoms with Gasteiger partial charge in [0.25, 0.3) is 0 Å². The SMILES string of the molecule is COc1cc(N2CC3(C[C@H](OCC4CC4)CS3)C2)ncn1. The molecule has 6 heteroatoms. The quantitative estimate of drug-likeness (QED) is 0.829. The Morgan fingerprint density at radius 3 is 3.00 bits per heavy atom. The Morgan fingerprint density at radius 2 is 2.24 bits per heavy atom. The van der Waals surface area contributed by atoms with E-state index in [1.807, 2.05) is 6.07 Å². The predicted molar refractivity (Wildman–Crippen MR) is 83.1 cm³/mol. The monoisotopic (exact) mass is 307 g/mol. The van der Waals surface area contributed by atoms with E-state index in [1.165, 1.54) is 19.3 Å². The Labute approximate surface area is 129 Å². The molecule has 0 radical (unpaired) electrons. The predicted octanol–water partition coefficient (Wildman–Crippen LogP) is 1.98. The number of ether oxygens (including phenoxy) is 2. The molecule has 1 atom stereocenters. The highest BCUT2D eigenvalue weighted by atomic mass is 32.2. The summed E-state index contributed by atoms with van der Waals surface area (Å²) in [4.78, 5) is 10.7. The Kier molecular flexibility index (Phi) is 3.46. The summed E-state index contributed by atoms with van der Waals surface area (Å²) in [6.07, 6.45) is 5.95. The minimum atomic E-state index is 0.381. The lowest BCUT2D eigenvalue weighted by Crippen LogP contribution is -2.59. The lowest BCUT2D eigenvalue weighted by atomic mass is 9.93. The summed E-state index contributed by atoms with van der Waals surface area (Å²) in [5, 5.41) is 0. The number of aromatic nitrogens is 2. The van der Waals surface area contributed by atoms with Gasteiger partial charge in [0.15, 0.2) is 0 Å². The maximum Gasteiger partial charge on any atom is 0.218 e. The fourth-order valence-corrected chi connectivity index (χ4v) is 4.66. The van der Waals surface area contributed by atoms with Crippen LogP contribution in [0.3, 0.4) is 0 Å². The maximum absolute atomic E-state index is 6.05. The average Bonchev–Trinajstić information content (AvgIpc) is 3.21. The van der Waals surface area contributed by atoms with E-state index >= 15 is 0 Å². The second-order valence-corrected chi connectivity index (χ2v) is 7.86. The lowest BCUT2D eigenvalue weighted by Gasteiger charge is -2.48. The molecule has 114 valence electrons. The highest BCUT2D eigenvalue weighted by molar-refractivity contribution is 8.01. The average molecular weight is 307 g/mol. The van der Waals surface area contributed by atoms with Gasteiger partial charge in [0.05, 0.1) is 18.0 Å². The van der Waals surface area contributed by atoms with Gasteiger partial charge in [-0.05, 0) is 25.2 Å². The second kappa shape index (κ2) is 5.32. The molecule has 1 aromatic heterocycles. The van der Waals surface area contributed by atoms with Crippen molar-refractivity contribution < 1.29 is 9.47 Å². The molecule has 2 saturated heterocycles. The van der Waals surface area contributed by atoms with Crippen molar-refractivity contribution in [3.8, 4) is 5.88 Å². The van der Waals surface area contributed by atoms with Crippen molar-refractivity contribution in [2.75, 3.05) is 37.5 Å². The molecule has 3 heterocycles. The molecule has 21 heavy (non-hydrogen) atoms. The van der Waals surface area contributed by atoms with E-state index in [4.69, 9.17) is 9.47 Å². The molecule has 1 aliphatic carbocycles. The summed E-state index contributed by atoms with van der Waals surface area (Å²) < 4.78 is 11.6. The van der Waals surface area contributed by atoms with Gasteiger partial charge in [0.2, 0.25) is 5.88 Å². The molecule has 0 amide bonds. The Hall–Kier alpha value is -1.01. The maximum atomic E-state index is 6.05. The van der Waals surface area contributed by atoms with Crippen LogP contribution < -0.4 is 9.64 Å². The van der Waals surface area contributed by atoms with E-state index in [9.17, 15) is 0 Å². The third kappa shape index (κ3) is 2.83. The Bertz CT molecular complexity index is 517. The molecule has 1 saturated carbocycles. The van der Waals surface area contributed by atoms with Gasteiger partial charge in [0.1, 0.15) is 12.1 Å². The van der Waals surface area contributed by atoms with E-state index < -0.39 is 0 Å². The van der Waals surface area contributed by atoms with Gasteiger partial charge in [-0.1, -0.05) is 0 Å².